The highest BCUT2D eigenvalue weighted by molar-refractivity contribution is 7.80. The number of rotatable bonds is 59. The highest BCUT2D eigenvalue weighted by Gasteiger charge is 2.42. The molecule has 1 aliphatic heterocycles. The molecule has 47 nitrogen and oxygen atoms in total. The lowest BCUT2D eigenvalue weighted by atomic mass is 9.96. The van der Waals surface area contributed by atoms with E-state index >= 15 is 0 Å². The first-order valence-electron chi connectivity index (χ1n) is 41.7. The second-order valence-corrected chi connectivity index (χ2v) is 33.1. The largest absolute Gasteiger partial charge is 0.481 e. The van der Waals surface area contributed by atoms with Crippen LogP contribution in [0, 0.1) is 29.6 Å². The van der Waals surface area contributed by atoms with Crippen molar-refractivity contribution in [2.24, 2.45) is 63.3 Å². The number of carboxylic acids is 2. The first-order chi connectivity index (χ1) is 58.9. The molecule has 0 unspecified atom stereocenters. The Labute approximate surface area is 742 Å². The summed E-state index contributed by atoms with van der Waals surface area (Å²) in [6.07, 6.45) is -3.82. The number of aliphatic imine (C=N–C) groups is 1. The standard InChI is InChI=1S/C77H135N23O24S2/c1-14-39(10)59(74(121)90-44(19-15-16-24-78)63(110)98-60(41(12)101)71(118)85-30-53(104)87-40(11)75(122)100-26-18-21-51(100)69(116)94-49(33-125)67(114)91-46(76(123)124)20-17-25-83-77(81)82)97-64(111)45(22-23-52(80)103)88-54(105)31-86-72(119)61(42(13)102)99-68(115)50(34-126)93-65(112)47(27-35(2)3)89-55(106)32-84-70(117)57(37(6)7)96-73(120)58(38(8)9)95-66(113)48(28-36(4)5)92-62(109)43(79)29-56(107)108/h35-51,57-61,101-102,125-126H,14-34,78-79H2,1-13H3,(H2,80,103)(H,84,117)(H,85,118)(H,86,119)(H,87,104)(H,88,105)(H,89,106)(H,90,121)(H,91,114)(H,92,109)(H,93,112)(H,94,116)(H,95,113)(H,96,120)(H,97,111)(H,98,110)(H,99,115)(H,107,108)(H,123,124)(H4,81,82,83)/t39-,40-,41+,42+,43-,44-,45-,46-,47-,48-,49-,50-,51-,57-,58-,59-,60-,61-/m0/s1. The van der Waals surface area contributed by atoms with Crippen LogP contribution >= 0.6 is 25.3 Å². The first-order valence-corrected chi connectivity index (χ1v) is 43.0. The molecule has 0 aromatic heterocycles. The normalized spacial score (nSPS) is 16.5. The Balaban J connectivity index is 3.23. The molecule has 0 aromatic rings. The van der Waals surface area contributed by atoms with E-state index in [2.05, 4.69) is 115 Å². The van der Waals surface area contributed by atoms with E-state index in [1.165, 1.54) is 11.8 Å². The van der Waals surface area contributed by atoms with Crippen LogP contribution in [0.25, 0.3) is 0 Å². The number of nitrogens with zero attached hydrogens (tertiary/aromatic N) is 2. The van der Waals surface area contributed by atoms with Crippen molar-refractivity contribution in [1.29, 1.82) is 0 Å². The molecule has 49 heteroatoms. The summed E-state index contributed by atoms with van der Waals surface area (Å²) in [5, 5.41) is 79.3. The monoisotopic (exact) mass is 1830 g/mol. The molecule has 0 aliphatic carbocycles. The van der Waals surface area contributed by atoms with Crippen LogP contribution in [-0.4, -0.2) is 303 Å². The van der Waals surface area contributed by atoms with Gasteiger partial charge in [0, 0.05) is 31.0 Å². The van der Waals surface area contributed by atoms with Crippen LogP contribution in [-0.2, 0) is 95.9 Å². The van der Waals surface area contributed by atoms with Gasteiger partial charge in [0.15, 0.2) is 5.96 Å². The lowest BCUT2D eigenvalue weighted by Crippen LogP contribution is -2.61. The number of guanidine groups is 1. The van der Waals surface area contributed by atoms with Crippen LogP contribution in [0.1, 0.15) is 173 Å². The second-order valence-electron chi connectivity index (χ2n) is 32.4. The number of carbonyl (C=O) groups is 20. The Morgan fingerprint density at radius 1 is 0.444 bits per heavy atom. The van der Waals surface area contributed by atoms with Crippen LogP contribution < -0.4 is 114 Å². The first kappa shape index (κ1) is 113. The molecule has 0 bridgehead atoms. The van der Waals surface area contributed by atoms with Gasteiger partial charge in [0.1, 0.15) is 84.6 Å². The van der Waals surface area contributed by atoms with Gasteiger partial charge in [-0.2, -0.15) is 25.3 Å². The summed E-state index contributed by atoms with van der Waals surface area (Å²) in [6, 6.07) is -21.7. The van der Waals surface area contributed by atoms with E-state index in [9.17, 15) is 111 Å². The minimum absolute atomic E-state index is 0.0346. The third-order valence-corrected chi connectivity index (χ3v) is 20.5. The zero-order valence-electron chi connectivity index (χ0n) is 73.7. The maximum atomic E-state index is 14.4. The van der Waals surface area contributed by atoms with Crippen molar-refractivity contribution in [3.05, 3.63) is 0 Å². The second kappa shape index (κ2) is 57.7. The Morgan fingerprint density at radius 2 is 0.833 bits per heavy atom. The third kappa shape index (κ3) is 41.6. The van der Waals surface area contributed by atoms with Gasteiger partial charge < -0.3 is 139 Å². The molecular formula is C77H135N23O24S2. The quantitative estimate of drug-likeness (QED) is 0.0116. The van der Waals surface area contributed by atoms with Crippen molar-refractivity contribution in [3.8, 4) is 0 Å². The topological polar surface area (TPSA) is 760 Å². The van der Waals surface area contributed by atoms with Crippen LogP contribution in [0.3, 0.4) is 0 Å². The Kier molecular flexibility index (Phi) is 51.9. The SMILES string of the molecule is CC[C@H](C)[C@H](NC(=O)[C@H](CCC(N)=O)NC(=O)CNC(=O)[C@@H](NC(=O)[C@H](CS)NC(=O)[C@H](CC(C)C)NC(=O)CNC(=O)[C@@H](NC(=O)[C@@H](NC(=O)[C@H](CC(C)C)NC(=O)[C@@H](N)CC(=O)O)C(C)C)C(C)C)[C@@H](C)O)C(=O)N[C@@H](CCCCN)C(=O)N[C@H](C(=O)NCC(=O)N[C@@H](C)C(=O)N1CCC[C@H]1C(=O)N[C@@H](CS)C(=O)N[C@@H](CCCN=C(N)N)C(=O)O)[C@@H](C)O. The number of primary amides is 1. The average Bonchev–Trinajstić information content (AvgIpc) is 1.64. The molecule has 1 fully saturated rings. The summed E-state index contributed by atoms with van der Waals surface area (Å²) >= 11 is 8.35. The van der Waals surface area contributed by atoms with Gasteiger partial charge in [-0.3, -0.25) is 96.1 Å². The molecule has 1 rings (SSSR count). The van der Waals surface area contributed by atoms with Crippen molar-refractivity contribution in [1.82, 2.24) is 90.0 Å². The number of aliphatic carboxylic acids is 2. The van der Waals surface area contributed by atoms with Crippen molar-refractivity contribution < 1.29 is 116 Å². The van der Waals surface area contributed by atoms with Gasteiger partial charge in [-0.15, -0.1) is 0 Å². The van der Waals surface area contributed by atoms with E-state index < -0.39 is 284 Å². The highest BCUT2D eigenvalue weighted by Crippen LogP contribution is 2.20. The average molecular weight is 1830 g/mol. The predicted molar refractivity (Wildman–Crippen MR) is 463 cm³/mol. The Hall–Kier alpha value is -10.8. The number of carbonyl (C=O) groups excluding carboxylic acids is 18. The maximum Gasteiger partial charge on any atom is 0.326 e. The number of thiol groups is 2. The van der Waals surface area contributed by atoms with Crippen LogP contribution in [0.15, 0.2) is 4.99 Å². The molecule has 0 spiro atoms. The lowest BCUT2D eigenvalue weighted by molar-refractivity contribution is -0.143. The molecule has 1 saturated heterocycles. The van der Waals surface area contributed by atoms with Gasteiger partial charge in [-0.25, -0.2) is 4.79 Å². The van der Waals surface area contributed by atoms with Crippen molar-refractivity contribution in [3.63, 3.8) is 0 Å². The molecule has 30 N–H and O–H groups in total. The molecule has 0 saturated carbocycles. The van der Waals surface area contributed by atoms with Gasteiger partial charge in [-0.05, 0) is 121 Å². The summed E-state index contributed by atoms with van der Waals surface area (Å²) in [6.45, 7) is 17.8. The van der Waals surface area contributed by atoms with Crippen molar-refractivity contribution in [2.45, 2.75) is 276 Å². The molecule has 1 heterocycles. The molecule has 714 valence electrons. The summed E-state index contributed by atoms with van der Waals surface area (Å²) in [5.74, 6) is -22.9. The lowest BCUT2D eigenvalue weighted by Gasteiger charge is -2.29. The fraction of sp³-hybridized carbons (Fsp3) is 0.727. The molecule has 126 heavy (non-hydrogen) atoms. The van der Waals surface area contributed by atoms with Gasteiger partial charge in [0.05, 0.1) is 44.3 Å². The maximum absolute atomic E-state index is 14.4. The summed E-state index contributed by atoms with van der Waals surface area (Å²) in [4.78, 5) is 273. The molecule has 18 amide bonds. The molecule has 1 aliphatic rings. The molecule has 0 radical (unpaired) electrons. The molecule has 18 atom stereocenters. The number of carboxylic acid groups (broad SMARTS) is 2. The van der Waals surface area contributed by atoms with E-state index in [0.717, 1.165) is 13.8 Å². The van der Waals surface area contributed by atoms with Crippen LogP contribution in [0.4, 0.5) is 0 Å². The number of aliphatic hydroxyl groups is 2. The summed E-state index contributed by atoms with van der Waals surface area (Å²) < 4.78 is 0. The fourth-order valence-electron chi connectivity index (χ4n) is 12.6. The van der Waals surface area contributed by atoms with Crippen molar-refractivity contribution in [2.75, 3.05) is 50.8 Å². The number of likely N-dealkylation sites (tertiary alicyclic amines) is 1. The van der Waals surface area contributed by atoms with Crippen LogP contribution in [0.2, 0.25) is 0 Å². The highest BCUT2D eigenvalue weighted by atomic mass is 32.1. The zero-order chi connectivity index (χ0) is 96.3. The van der Waals surface area contributed by atoms with E-state index in [1.807, 2.05) is 0 Å². The van der Waals surface area contributed by atoms with Gasteiger partial charge in [-0.1, -0.05) is 75.7 Å². The van der Waals surface area contributed by atoms with E-state index in [-0.39, 0.29) is 94.5 Å². The third-order valence-electron chi connectivity index (χ3n) is 19.8. The summed E-state index contributed by atoms with van der Waals surface area (Å²) in [5.41, 5.74) is 27.5. The molecule has 0 aromatic carbocycles. The smallest absolute Gasteiger partial charge is 0.326 e. The number of aliphatic hydroxyl groups excluding tert-OH is 2. The summed E-state index contributed by atoms with van der Waals surface area (Å²) in [7, 11) is 0. The number of amides is 18. The number of hydrogen-bond donors (Lipinski definition) is 27. The Morgan fingerprint density at radius 3 is 1.29 bits per heavy atom. The number of nitrogens with two attached hydrogens (primary N) is 5. The van der Waals surface area contributed by atoms with Gasteiger partial charge in [0.2, 0.25) is 106 Å². The van der Waals surface area contributed by atoms with Gasteiger partial charge >= 0.3 is 11.9 Å². The fourth-order valence-corrected chi connectivity index (χ4v) is 13.1. The number of hydrogen-bond acceptors (Lipinski definition) is 27. The van der Waals surface area contributed by atoms with Crippen LogP contribution in [0.5, 0.6) is 0 Å². The minimum Gasteiger partial charge on any atom is -0.481 e. The van der Waals surface area contributed by atoms with Crippen molar-refractivity contribution >= 4 is 149 Å². The van der Waals surface area contributed by atoms with E-state index in [1.54, 1.807) is 69.2 Å². The van der Waals surface area contributed by atoms with E-state index in [0.29, 0.717) is 12.8 Å². The predicted octanol–water partition coefficient (Wildman–Crippen LogP) is -8.95. The Bertz CT molecular complexity index is 3760. The molecular weight excluding hydrogens is 1700 g/mol. The number of unbranched alkanes of at least 4 members (excludes halogenated alkanes) is 1. The number of nitrogens with one attached hydrogen (secondary N) is 16. The zero-order valence-corrected chi connectivity index (χ0v) is 75.5. The van der Waals surface area contributed by atoms with Gasteiger partial charge in [0.25, 0.3) is 0 Å². The van der Waals surface area contributed by atoms with E-state index in [4.69, 9.17) is 33.8 Å². The minimum atomic E-state index is -1.85.